The second-order valence-electron chi connectivity index (χ2n) is 4.03. The molecule has 3 nitrogen and oxygen atoms in total. The summed E-state index contributed by atoms with van der Waals surface area (Å²) in [6, 6.07) is 9.35. The van der Waals surface area contributed by atoms with Crippen molar-refractivity contribution in [1.82, 2.24) is 4.98 Å². The molecule has 0 amide bonds. The van der Waals surface area contributed by atoms with Gasteiger partial charge >= 0.3 is 0 Å². The number of nitrogens with zero attached hydrogens (tertiary/aromatic N) is 2. The Balaban J connectivity index is 2.15. The number of hydrogen-bond acceptors (Lipinski definition) is 3. The van der Waals surface area contributed by atoms with E-state index in [2.05, 4.69) is 22.4 Å². The van der Waals surface area contributed by atoms with E-state index in [9.17, 15) is 0 Å². The van der Waals surface area contributed by atoms with Crippen LogP contribution in [0.1, 0.15) is 16.7 Å². The summed E-state index contributed by atoms with van der Waals surface area (Å²) in [5.41, 5.74) is 3.51. The first-order valence-corrected chi connectivity index (χ1v) is 5.91. The van der Waals surface area contributed by atoms with Gasteiger partial charge in [-0.05, 0) is 36.2 Å². The number of aromatic nitrogens is 1. The summed E-state index contributed by atoms with van der Waals surface area (Å²) in [5.74, 6) is 0. The molecular formula is C14H12ClN3. The quantitative estimate of drug-likeness (QED) is 0.915. The normalized spacial score (nSPS) is 9.83. The van der Waals surface area contributed by atoms with Crippen LogP contribution in [-0.4, -0.2) is 4.98 Å². The van der Waals surface area contributed by atoms with Crippen molar-refractivity contribution < 1.29 is 0 Å². The van der Waals surface area contributed by atoms with Gasteiger partial charge < -0.3 is 5.32 Å². The smallest absolute Gasteiger partial charge is 0.101 e. The SMILES string of the molecule is Cc1cncc(CNc2cc(Cl)ccc2C#N)c1. The van der Waals surface area contributed by atoms with Crippen LogP contribution in [0.25, 0.3) is 0 Å². The number of aryl methyl sites for hydroxylation is 1. The molecule has 0 saturated heterocycles. The topological polar surface area (TPSA) is 48.7 Å². The average Bonchev–Trinajstić information content (AvgIpc) is 2.37. The summed E-state index contributed by atoms with van der Waals surface area (Å²) >= 11 is 5.92. The summed E-state index contributed by atoms with van der Waals surface area (Å²) in [6.45, 7) is 2.61. The highest BCUT2D eigenvalue weighted by atomic mass is 35.5. The number of pyridine rings is 1. The van der Waals surface area contributed by atoms with E-state index in [1.807, 2.05) is 13.1 Å². The van der Waals surface area contributed by atoms with Crippen molar-refractivity contribution in [3.63, 3.8) is 0 Å². The Morgan fingerprint density at radius 2 is 2.17 bits per heavy atom. The zero-order valence-electron chi connectivity index (χ0n) is 9.94. The summed E-state index contributed by atoms with van der Waals surface area (Å²) in [6.07, 6.45) is 3.61. The van der Waals surface area contributed by atoms with Crippen LogP contribution in [-0.2, 0) is 6.54 Å². The standard InChI is InChI=1S/C14H12ClN3/c1-10-4-11(8-17-7-10)9-18-14-5-13(15)3-2-12(14)6-16/h2-5,7-8,18H,9H2,1H3. The first-order chi connectivity index (χ1) is 8.69. The predicted octanol–water partition coefficient (Wildman–Crippen LogP) is 3.53. The van der Waals surface area contributed by atoms with Gasteiger partial charge in [-0.3, -0.25) is 4.98 Å². The molecule has 2 rings (SSSR count). The van der Waals surface area contributed by atoms with E-state index in [4.69, 9.17) is 16.9 Å². The van der Waals surface area contributed by atoms with Crippen molar-refractivity contribution in [2.24, 2.45) is 0 Å². The van der Waals surface area contributed by atoms with Gasteiger partial charge in [0.1, 0.15) is 6.07 Å². The third-order valence-corrected chi connectivity index (χ3v) is 2.75. The van der Waals surface area contributed by atoms with Crippen LogP contribution in [0.2, 0.25) is 5.02 Å². The van der Waals surface area contributed by atoms with E-state index < -0.39 is 0 Å². The van der Waals surface area contributed by atoms with E-state index >= 15 is 0 Å². The molecule has 1 heterocycles. The first-order valence-electron chi connectivity index (χ1n) is 5.53. The maximum Gasteiger partial charge on any atom is 0.101 e. The third kappa shape index (κ3) is 2.99. The van der Waals surface area contributed by atoms with E-state index in [-0.39, 0.29) is 0 Å². The van der Waals surface area contributed by atoms with Crippen molar-refractivity contribution in [3.05, 3.63) is 58.4 Å². The van der Waals surface area contributed by atoms with Crippen LogP contribution in [0.15, 0.2) is 36.7 Å². The summed E-state index contributed by atoms with van der Waals surface area (Å²) < 4.78 is 0. The van der Waals surface area contributed by atoms with Gasteiger partial charge in [0.2, 0.25) is 0 Å². The van der Waals surface area contributed by atoms with Crippen molar-refractivity contribution in [2.45, 2.75) is 13.5 Å². The monoisotopic (exact) mass is 257 g/mol. The molecule has 1 aromatic heterocycles. The minimum atomic E-state index is 0.583. The third-order valence-electron chi connectivity index (χ3n) is 2.52. The molecule has 90 valence electrons. The molecule has 18 heavy (non-hydrogen) atoms. The maximum atomic E-state index is 9.01. The lowest BCUT2D eigenvalue weighted by atomic mass is 10.1. The lowest BCUT2D eigenvalue weighted by molar-refractivity contribution is 1.10. The molecule has 0 unspecified atom stereocenters. The Morgan fingerprint density at radius 3 is 2.89 bits per heavy atom. The second kappa shape index (κ2) is 5.52. The zero-order valence-corrected chi connectivity index (χ0v) is 10.7. The lowest BCUT2D eigenvalue weighted by Crippen LogP contribution is -2.02. The lowest BCUT2D eigenvalue weighted by Gasteiger charge is -2.08. The minimum absolute atomic E-state index is 0.583. The highest BCUT2D eigenvalue weighted by Gasteiger charge is 2.03. The molecule has 2 aromatic rings. The van der Waals surface area contributed by atoms with Crippen LogP contribution in [0, 0.1) is 18.3 Å². The van der Waals surface area contributed by atoms with E-state index in [1.54, 1.807) is 24.4 Å². The summed E-state index contributed by atoms with van der Waals surface area (Å²) in [4.78, 5) is 4.13. The Labute approximate surface area is 111 Å². The van der Waals surface area contributed by atoms with Crippen LogP contribution >= 0.6 is 11.6 Å². The van der Waals surface area contributed by atoms with Gasteiger partial charge in [0, 0.05) is 24.0 Å². The molecule has 1 aromatic carbocycles. The molecular weight excluding hydrogens is 246 g/mol. The van der Waals surface area contributed by atoms with Gasteiger partial charge in [-0.1, -0.05) is 17.7 Å². The first kappa shape index (κ1) is 12.4. The Bertz CT molecular complexity index is 602. The fourth-order valence-corrected chi connectivity index (χ4v) is 1.84. The minimum Gasteiger partial charge on any atom is -0.380 e. The highest BCUT2D eigenvalue weighted by Crippen LogP contribution is 2.21. The predicted molar refractivity (Wildman–Crippen MR) is 72.5 cm³/mol. The van der Waals surface area contributed by atoms with Gasteiger partial charge in [0.25, 0.3) is 0 Å². The Kier molecular flexibility index (Phi) is 3.81. The number of nitriles is 1. The van der Waals surface area contributed by atoms with Crippen molar-refractivity contribution >= 4 is 17.3 Å². The average molecular weight is 258 g/mol. The fraction of sp³-hybridized carbons (Fsp3) is 0.143. The van der Waals surface area contributed by atoms with Gasteiger partial charge in [-0.25, -0.2) is 0 Å². The molecule has 0 atom stereocenters. The highest BCUT2D eigenvalue weighted by molar-refractivity contribution is 6.30. The Hall–Kier alpha value is -2.05. The number of rotatable bonds is 3. The van der Waals surface area contributed by atoms with E-state index in [0.717, 1.165) is 16.8 Å². The molecule has 0 spiro atoms. The number of hydrogen-bond donors (Lipinski definition) is 1. The zero-order chi connectivity index (χ0) is 13.0. The van der Waals surface area contributed by atoms with Crippen LogP contribution in [0.4, 0.5) is 5.69 Å². The van der Waals surface area contributed by atoms with Crippen LogP contribution < -0.4 is 5.32 Å². The number of halogens is 1. The largest absolute Gasteiger partial charge is 0.380 e. The van der Waals surface area contributed by atoms with Crippen molar-refractivity contribution in [2.75, 3.05) is 5.32 Å². The Morgan fingerprint density at radius 1 is 1.33 bits per heavy atom. The molecule has 0 radical (unpaired) electrons. The fourth-order valence-electron chi connectivity index (χ4n) is 1.67. The molecule has 1 N–H and O–H groups in total. The number of benzene rings is 1. The van der Waals surface area contributed by atoms with Crippen LogP contribution in [0.3, 0.4) is 0 Å². The molecule has 0 saturated carbocycles. The van der Waals surface area contributed by atoms with Gasteiger partial charge in [-0.15, -0.1) is 0 Å². The second-order valence-corrected chi connectivity index (χ2v) is 4.46. The van der Waals surface area contributed by atoms with E-state index in [1.165, 1.54) is 0 Å². The van der Waals surface area contributed by atoms with Crippen molar-refractivity contribution in [3.8, 4) is 6.07 Å². The summed E-state index contributed by atoms with van der Waals surface area (Å²) in [5, 5.41) is 12.8. The molecule has 0 fully saturated rings. The van der Waals surface area contributed by atoms with Crippen LogP contribution in [0.5, 0.6) is 0 Å². The van der Waals surface area contributed by atoms with Gasteiger partial charge in [-0.2, -0.15) is 5.26 Å². The molecule has 0 aliphatic carbocycles. The number of nitrogens with one attached hydrogen (secondary N) is 1. The number of anilines is 1. The summed E-state index contributed by atoms with van der Waals surface area (Å²) in [7, 11) is 0. The van der Waals surface area contributed by atoms with Gasteiger partial charge in [0.15, 0.2) is 0 Å². The molecule has 0 bridgehead atoms. The van der Waals surface area contributed by atoms with Gasteiger partial charge in [0.05, 0.1) is 11.3 Å². The molecule has 0 aliphatic rings. The van der Waals surface area contributed by atoms with Crippen molar-refractivity contribution in [1.29, 1.82) is 5.26 Å². The molecule has 0 aliphatic heterocycles. The maximum absolute atomic E-state index is 9.01. The molecule has 4 heteroatoms. The van der Waals surface area contributed by atoms with E-state index in [0.29, 0.717) is 17.1 Å².